The van der Waals surface area contributed by atoms with Gasteiger partial charge in [0.05, 0.1) is 17.6 Å². The van der Waals surface area contributed by atoms with E-state index in [2.05, 4.69) is 18.2 Å². The Morgan fingerprint density at radius 2 is 1.76 bits per heavy atom. The maximum absolute atomic E-state index is 13.5. The summed E-state index contributed by atoms with van der Waals surface area (Å²) in [4.78, 5) is 40.8. The van der Waals surface area contributed by atoms with Crippen molar-refractivity contribution in [3.8, 4) is 11.1 Å². The summed E-state index contributed by atoms with van der Waals surface area (Å²) in [5.41, 5.74) is 12.6. The van der Waals surface area contributed by atoms with Crippen molar-refractivity contribution in [2.45, 2.75) is 52.0 Å². The molecule has 2 unspecified atom stereocenters. The highest BCUT2D eigenvalue weighted by Crippen LogP contribution is 2.38. The maximum atomic E-state index is 13.5. The third-order valence-electron chi connectivity index (χ3n) is 7.86. The van der Waals surface area contributed by atoms with Gasteiger partial charge < -0.3 is 20.1 Å². The van der Waals surface area contributed by atoms with Crippen molar-refractivity contribution in [1.29, 1.82) is 0 Å². The van der Waals surface area contributed by atoms with Crippen LogP contribution in [-0.4, -0.2) is 45.7 Å². The molecule has 8 heteroatoms. The van der Waals surface area contributed by atoms with Gasteiger partial charge in [0.1, 0.15) is 12.2 Å². The smallest absolute Gasteiger partial charge is 0.418 e. The Labute approximate surface area is 238 Å². The lowest BCUT2D eigenvalue weighted by Gasteiger charge is -2.24. The zero-order chi connectivity index (χ0) is 28.9. The van der Waals surface area contributed by atoms with Gasteiger partial charge in [0.15, 0.2) is 0 Å². The fourth-order valence-corrected chi connectivity index (χ4v) is 5.82. The monoisotopic (exact) mass is 551 g/mol. The summed E-state index contributed by atoms with van der Waals surface area (Å²) in [6.07, 6.45) is 1.52. The minimum atomic E-state index is -0.811. The van der Waals surface area contributed by atoms with Crippen molar-refractivity contribution in [2.75, 3.05) is 6.54 Å². The first-order valence-corrected chi connectivity index (χ1v) is 13.9. The Bertz CT molecular complexity index is 1680. The first-order chi connectivity index (χ1) is 19.6. The largest absolute Gasteiger partial charge is 0.460 e. The minimum Gasteiger partial charge on any atom is -0.460 e. The van der Waals surface area contributed by atoms with Crippen LogP contribution in [0.2, 0.25) is 0 Å². The lowest BCUT2D eigenvalue weighted by Crippen LogP contribution is -2.46. The molecule has 2 aliphatic rings. The highest BCUT2D eigenvalue weighted by atomic mass is 16.6. The molecule has 1 amide bonds. The quantitative estimate of drug-likeness (QED) is 0.297. The number of nitrogens with zero attached hydrogens (tertiary/aromatic N) is 2. The second-order valence-electron chi connectivity index (χ2n) is 11.7. The van der Waals surface area contributed by atoms with E-state index in [9.17, 15) is 14.4 Å². The fourth-order valence-electron chi connectivity index (χ4n) is 5.82. The van der Waals surface area contributed by atoms with E-state index in [0.29, 0.717) is 24.0 Å². The zero-order valence-electron chi connectivity index (χ0n) is 23.4. The number of esters is 1. The van der Waals surface area contributed by atoms with Crippen LogP contribution in [0.3, 0.4) is 0 Å². The average Bonchev–Trinajstić information content (AvgIpc) is 3.65. The van der Waals surface area contributed by atoms with Crippen molar-refractivity contribution in [3.63, 3.8) is 0 Å². The molecule has 8 nitrogen and oxygen atoms in total. The van der Waals surface area contributed by atoms with Crippen LogP contribution >= 0.6 is 0 Å². The van der Waals surface area contributed by atoms with Crippen LogP contribution in [0, 0.1) is 5.92 Å². The second-order valence-corrected chi connectivity index (χ2v) is 11.7. The summed E-state index contributed by atoms with van der Waals surface area (Å²) in [5, 5.41) is 0.801. The fraction of sp³-hybridized carbons (Fsp3) is 0.303. The first kappa shape index (κ1) is 26.8. The van der Waals surface area contributed by atoms with E-state index in [1.165, 1.54) is 31.7 Å². The van der Waals surface area contributed by atoms with Gasteiger partial charge in [0.2, 0.25) is 0 Å². The highest BCUT2D eigenvalue weighted by Gasteiger charge is 2.40. The van der Waals surface area contributed by atoms with Gasteiger partial charge in [-0.2, -0.15) is 0 Å². The Kier molecular flexibility index (Phi) is 6.66. The van der Waals surface area contributed by atoms with E-state index >= 15 is 0 Å². The molecule has 4 aromatic rings. The number of rotatable bonds is 4. The van der Waals surface area contributed by atoms with Gasteiger partial charge in [-0.15, -0.1) is 0 Å². The molecular weight excluding hydrogens is 518 g/mol. The van der Waals surface area contributed by atoms with Gasteiger partial charge in [-0.25, -0.2) is 4.79 Å². The van der Waals surface area contributed by atoms with E-state index < -0.39 is 29.7 Å². The van der Waals surface area contributed by atoms with Gasteiger partial charge in [-0.3, -0.25) is 14.2 Å². The van der Waals surface area contributed by atoms with Gasteiger partial charge in [0.25, 0.3) is 5.91 Å². The normalized spacial score (nSPS) is 17.8. The van der Waals surface area contributed by atoms with Crippen LogP contribution < -0.4 is 5.73 Å². The predicted molar refractivity (Wildman–Crippen MR) is 155 cm³/mol. The molecule has 0 bridgehead atoms. The molecule has 41 heavy (non-hydrogen) atoms. The number of hydrogen-bond acceptors (Lipinski definition) is 6. The van der Waals surface area contributed by atoms with Crippen LogP contribution in [0.25, 0.3) is 22.0 Å². The highest BCUT2D eigenvalue weighted by molar-refractivity contribution is 6.00. The van der Waals surface area contributed by atoms with Crippen LogP contribution in [0.15, 0.2) is 72.9 Å². The number of hydrogen-bond donors (Lipinski definition) is 1. The Morgan fingerprint density at radius 3 is 2.56 bits per heavy atom. The maximum Gasteiger partial charge on any atom is 0.418 e. The summed E-state index contributed by atoms with van der Waals surface area (Å²) in [7, 11) is 0. The molecule has 1 saturated heterocycles. The number of likely N-dealkylation sites (tertiary alicyclic amines) is 1. The molecule has 1 aromatic heterocycles. The number of carbonyl (C=O) groups excluding carboxylic acids is 3. The number of ether oxygens (including phenoxy) is 2. The summed E-state index contributed by atoms with van der Waals surface area (Å²) < 4.78 is 12.6. The van der Waals surface area contributed by atoms with Crippen molar-refractivity contribution in [1.82, 2.24) is 9.47 Å². The van der Waals surface area contributed by atoms with E-state index in [4.69, 9.17) is 15.2 Å². The number of aromatic nitrogens is 1. The molecule has 1 aliphatic carbocycles. The lowest BCUT2D eigenvalue weighted by molar-refractivity contribution is -0.150. The molecule has 6 rings (SSSR count). The molecular formula is C33H33N3O5. The van der Waals surface area contributed by atoms with Gasteiger partial charge in [-0.1, -0.05) is 48.5 Å². The minimum absolute atomic E-state index is 0.158. The third-order valence-corrected chi connectivity index (χ3v) is 7.86. The molecule has 3 aromatic carbocycles. The topological polar surface area (TPSA) is 104 Å². The number of amides is 1. The molecule has 1 fully saturated rings. The van der Waals surface area contributed by atoms with Gasteiger partial charge >= 0.3 is 12.1 Å². The van der Waals surface area contributed by atoms with E-state index in [-0.39, 0.29) is 12.5 Å². The van der Waals surface area contributed by atoms with Crippen molar-refractivity contribution in [3.05, 3.63) is 95.2 Å². The Hall–Kier alpha value is -4.43. The summed E-state index contributed by atoms with van der Waals surface area (Å²) in [5.74, 6) is -1.33. The van der Waals surface area contributed by atoms with E-state index in [1.54, 1.807) is 51.2 Å². The number of nitrogens with two attached hydrogens (primary N) is 1. The molecule has 2 N–H and O–H groups in total. The van der Waals surface area contributed by atoms with Crippen LogP contribution in [0.5, 0.6) is 0 Å². The third kappa shape index (κ3) is 5.00. The van der Waals surface area contributed by atoms with E-state index in [0.717, 1.165) is 17.4 Å². The summed E-state index contributed by atoms with van der Waals surface area (Å²) in [6.45, 7) is 5.89. The van der Waals surface area contributed by atoms with Crippen LogP contribution in [-0.2, 0) is 27.3 Å². The standard InChI is InChI=1S/C33H33N3O5/c1-33(2,3)41-32(39)35-15-13-20-11-12-22(18-28(20)35)30(37)36-16-14-26(29(36)34)31(38)40-19-23-8-6-10-25-24-9-5-4-7-21(24)17-27(23)25/h4-13,15,18,26,29H,14,16-17,19,34H2,1-3H3. The number of fused-ring (bicyclic) bond motifs is 4. The molecule has 210 valence electrons. The van der Waals surface area contributed by atoms with Crippen molar-refractivity contribution in [2.24, 2.45) is 11.7 Å². The summed E-state index contributed by atoms with van der Waals surface area (Å²) >= 11 is 0. The molecule has 0 saturated carbocycles. The molecule has 0 radical (unpaired) electrons. The Balaban J connectivity index is 1.13. The SMILES string of the molecule is CC(C)(C)OC(=O)n1ccc2ccc(C(=O)N3CCC(C(=O)OCc4cccc5c4Cc4ccccc4-5)C3N)cc21. The van der Waals surface area contributed by atoms with Crippen LogP contribution in [0.4, 0.5) is 4.79 Å². The van der Waals surface area contributed by atoms with Gasteiger partial charge in [-0.05, 0) is 79.6 Å². The van der Waals surface area contributed by atoms with Crippen molar-refractivity contribution < 1.29 is 23.9 Å². The molecule has 1 aliphatic heterocycles. The lowest BCUT2D eigenvalue weighted by atomic mass is 10.0. The Morgan fingerprint density at radius 1 is 0.976 bits per heavy atom. The van der Waals surface area contributed by atoms with E-state index in [1.807, 2.05) is 24.3 Å². The molecule has 2 atom stereocenters. The van der Waals surface area contributed by atoms with Crippen molar-refractivity contribution >= 4 is 28.9 Å². The predicted octanol–water partition coefficient (Wildman–Crippen LogP) is 5.49. The molecule has 2 heterocycles. The number of carbonyl (C=O) groups is 3. The number of benzene rings is 3. The van der Waals surface area contributed by atoms with Gasteiger partial charge in [0, 0.05) is 23.7 Å². The second kappa shape index (κ2) is 10.2. The summed E-state index contributed by atoms with van der Waals surface area (Å²) in [6, 6.07) is 21.3. The van der Waals surface area contributed by atoms with Crippen LogP contribution in [0.1, 0.15) is 54.2 Å². The molecule has 0 spiro atoms. The average molecular weight is 552 g/mol. The zero-order valence-corrected chi connectivity index (χ0v) is 23.4. The first-order valence-electron chi connectivity index (χ1n) is 13.9.